The summed E-state index contributed by atoms with van der Waals surface area (Å²) >= 11 is 1.80. The third-order valence-corrected chi connectivity index (χ3v) is 7.40. The maximum Gasteiger partial charge on any atom is 0.240 e. The summed E-state index contributed by atoms with van der Waals surface area (Å²) in [5.74, 6) is 1.05. The average molecular weight is 411 g/mol. The van der Waals surface area contributed by atoms with E-state index >= 15 is 0 Å². The Bertz CT molecular complexity index is 795. The van der Waals surface area contributed by atoms with Crippen molar-refractivity contribution in [3.05, 3.63) is 66.0 Å². The first-order chi connectivity index (χ1) is 14.1. The Hall–Kier alpha value is -1.89. The van der Waals surface area contributed by atoms with Crippen LogP contribution >= 0.6 is 11.8 Å². The van der Waals surface area contributed by atoms with Crippen molar-refractivity contribution < 1.29 is 4.79 Å². The molecule has 1 aromatic heterocycles. The van der Waals surface area contributed by atoms with Gasteiger partial charge >= 0.3 is 0 Å². The van der Waals surface area contributed by atoms with Gasteiger partial charge in [0.2, 0.25) is 5.91 Å². The maximum absolute atomic E-state index is 13.0. The van der Waals surface area contributed by atoms with Gasteiger partial charge in [0.05, 0.1) is 10.9 Å². The van der Waals surface area contributed by atoms with Crippen molar-refractivity contribution in [1.82, 2.24) is 20.1 Å². The highest BCUT2D eigenvalue weighted by atomic mass is 32.2. The second-order valence-electron chi connectivity index (χ2n) is 8.04. The third-order valence-electron chi connectivity index (χ3n) is 5.97. The van der Waals surface area contributed by atoms with Gasteiger partial charge in [-0.2, -0.15) is 0 Å². The van der Waals surface area contributed by atoms with Crippen molar-refractivity contribution in [2.45, 2.75) is 30.7 Å². The second kappa shape index (κ2) is 9.28. The molecule has 6 heteroatoms. The molecule has 0 saturated carbocycles. The van der Waals surface area contributed by atoms with E-state index in [0.717, 1.165) is 50.5 Å². The van der Waals surface area contributed by atoms with Gasteiger partial charge in [0.25, 0.3) is 0 Å². The monoisotopic (exact) mass is 410 g/mol. The molecule has 4 rings (SSSR count). The quantitative estimate of drug-likeness (QED) is 0.794. The molecule has 154 valence electrons. The van der Waals surface area contributed by atoms with Gasteiger partial charge in [-0.3, -0.25) is 20.0 Å². The number of carbonyl (C=O) groups is 1. The molecule has 2 saturated heterocycles. The van der Waals surface area contributed by atoms with Crippen molar-refractivity contribution in [2.75, 3.05) is 38.5 Å². The van der Waals surface area contributed by atoms with Gasteiger partial charge in [-0.1, -0.05) is 36.4 Å². The summed E-state index contributed by atoms with van der Waals surface area (Å²) in [4.78, 5) is 21.6. The molecule has 0 aliphatic carbocycles. The van der Waals surface area contributed by atoms with Crippen molar-refractivity contribution >= 4 is 17.7 Å². The molecule has 1 amide bonds. The smallest absolute Gasteiger partial charge is 0.240 e. The van der Waals surface area contributed by atoms with Crippen LogP contribution in [0.15, 0.2) is 54.9 Å². The lowest BCUT2D eigenvalue weighted by Gasteiger charge is -2.36. The van der Waals surface area contributed by atoms with Crippen LogP contribution in [0.5, 0.6) is 0 Å². The zero-order chi connectivity index (χ0) is 20.1. The largest absolute Gasteiger partial charge is 0.339 e. The number of aryl methyl sites for hydroxylation is 1. The number of pyridine rings is 1. The summed E-state index contributed by atoms with van der Waals surface area (Å²) in [6.45, 7) is 6.86. The molecule has 2 fully saturated rings. The molecule has 2 aliphatic heterocycles. The Morgan fingerprint density at radius 1 is 1.17 bits per heavy atom. The number of thioether (sulfide) groups is 1. The number of hydrogen-bond donors (Lipinski definition) is 1. The average Bonchev–Trinajstić information content (AvgIpc) is 3.19. The molecule has 3 heterocycles. The van der Waals surface area contributed by atoms with Crippen LogP contribution in [0.1, 0.15) is 24.5 Å². The minimum Gasteiger partial charge on any atom is -0.339 e. The molecule has 29 heavy (non-hydrogen) atoms. The predicted molar refractivity (Wildman–Crippen MR) is 119 cm³/mol. The van der Waals surface area contributed by atoms with Crippen LogP contribution in [-0.4, -0.2) is 65.2 Å². The molecule has 2 aliphatic rings. The number of nitrogens with one attached hydrogen (secondary N) is 1. The molecule has 0 radical (unpaired) electrons. The molecule has 1 N–H and O–H groups in total. The van der Waals surface area contributed by atoms with Gasteiger partial charge in [0.15, 0.2) is 0 Å². The number of amides is 1. The molecule has 0 bridgehead atoms. The molecular weight excluding hydrogens is 380 g/mol. The third kappa shape index (κ3) is 5.00. The zero-order valence-corrected chi connectivity index (χ0v) is 17.9. The zero-order valence-electron chi connectivity index (χ0n) is 17.1. The molecule has 0 spiro atoms. The summed E-state index contributed by atoms with van der Waals surface area (Å²) in [6.07, 6.45) is 5.97. The van der Waals surface area contributed by atoms with E-state index in [1.165, 1.54) is 12.0 Å². The molecule has 5 nitrogen and oxygen atoms in total. The lowest BCUT2D eigenvalue weighted by Crippen LogP contribution is -2.54. The van der Waals surface area contributed by atoms with Crippen LogP contribution in [0.25, 0.3) is 0 Å². The van der Waals surface area contributed by atoms with Crippen molar-refractivity contribution in [2.24, 2.45) is 0 Å². The summed E-state index contributed by atoms with van der Waals surface area (Å²) in [7, 11) is 0. The number of benzene rings is 1. The normalized spacial score (nSPS) is 25.3. The summed E-state index contributed by atoms with van der Waals surface area (Å²) in [5, 5.41) is 3.56. The standard InChI is InChI=1S/C23H30N4OS/c1-23(20-10-5-11-24-17-20)25-21(18-29-23)22(28)27-15-13-26(14-16-27)12-6-9-19-7-3-2-4-8-19/h2-5,7-8,10-11,17,21,25H,6,9,12-16,18H2,1H3/t21-,23?/m0/s1. The van der Waals surface area contributed by atoms with Crippen LogP contribution in [0.3, 0.4) is 0 Å². The molecule has 1 unspecified atom stereocenters. The van der Waals surface area contributed by atoms with Gasteiger partial charge in [-0.15, -0.1) is 11.8 Å². The lowest BCUT2D eigenvalue weighted by molar-refractivity contribution is -0.134. The van der Waals surface area contributed by atoms with E-state index in [1.54, 1.807) is 18.0 Å². The highest BCUT2D eigenvalue weighted by molar-refractivity contribution is 8.00. The molecule has 2 aromatic rings. The van der Waals surface area contributed by atoms with E-state index in [0.29, 0.717) is 0 Å². The van der Waals surface area contributed by atoms with Crippen LogP contribution in [0.2, 0.25) is 0 Å². The topological polar surface area (TPSA) is 48.5 Å². The summed E-state index contributed by atoms with van der Waals surface area (Å²) in [6, 6.07) is 14.6. The van der Waals surface area contributed by atoms with E-state index < -0.39 is 0 Å². The van der Waals surface area contributed by atoms with E-state index in [1.807, 2.05) is 17.2 Å². The highest BCUT2D eigenvalue weighted by Crippen LogP contribution is 2.39. The molecule has 1 aromatic carbocycles. The second-order valence-corrected chi connectivity index (χ2v) is 9.48. The van der Waals surface area contributed by atoms with Crippen LogP contribution in [0, 0.1) is 0 Å². The van der Waals surface area contributed by atoms with Crippen LogP contribution in [-0.2, 0) is 16.1 Å². The Labute approximate surface area is 177 Å². The number of piperazine rings is 1. The van der Waals surface area contributed by atoms with E-state index in [4.69, 9.17) is 0 Å². The van der Waals surface area contributed by atoms with Gasteiger partial charge in [0, 0.05) is 49.9 Å². The number of carbonyl (C=O) groups excluding carboxylic acids is 1. The first-order valence-electron chi connectivity index (χ1n) is 10.5. The summed E-state index contributed by atoms with van der Waals surface area (Å²) in [5.41, 5.74) is 2.53. The van der Waals surface area contributed by atoms with Gasteiger partial charge in [-0.05, 0) is 37.9 Å². The van der Waals surface area contributed by atoms with Crippen molar-refractivity contribution in [1.29, 1.82) is 0 Å². The van der Waals surface area contributed by atoms with Crippen molar-refractivity contribution in [3.63, 3.8) is 0 Å². The van der Waals surface area contributed by atoms with Crippen molar-refractivity contribution in [3.8, 4) is 0 Å². The van der Waals surface area contributed by atoms with Gasteiger partial charge in [0.1, 0.15) is 0 Å². The Morgan fingerprint density at radius 2 is 1.97 bits per heavy atom. The molecule has 2 atom stereocenters. The fraction of sp³-hybridized carbons (Fsp3) is 0.478. The first-order valence-corrected chi connectivity index (χ1v) is 11.5. The fourth-order valence-corrected chi connectivity index (χ4v) is 5.41. The molecular formula is C23H30N4OS. The first kappa shape index (κ1) is 20.4. The van der Waals surface area contributed by atoms with Gasteiger partial charge in [-0.25, -0.2) is 0 Å². The van der Waals surface area contributed by atoms with E-state index in [-0.39, 0.29) is 16.8 Å². The Balaban J connectivity index is 1.22. The Morgan fingerprint density at radius 3 is 2.69 bits per heavy atom. The number of aromatic nitrogens is 1. The van der Waals surface area contributed by atoms with Gasteiger partial charge < -0.3 is 4.90 Å². The highest BCUT2D eigenvalue weighted by Gasteiger charge is 2.41. The van der Waals surface area contributed by atoms with Crippen LogP contribution in [0.4, 0.5) is 0 Å². The fourth-order valence-electron chi connectivity index (χ4n) is 4.17. The SMILES string of the molecule is CC1(c2cccnc2)N[C@H](C(=O)N2CCN(CCCc3ccccc3)CC2)CS1. The number of nitrogens with zero attached hydrogens (tertiary/aromatic N) is 3. The Kier molecular flexibility index (Phi) is 6.53. The van der Waals surface area contributed by atoms with E-state index in [9.17, 15) is 4.79 Å². The van der Waals surface area contributed by atoms with Crippen LogP contribution < -0.4 is 5.32 Å². The van der Waals surface area contributed by atoms with E-state index in [2.05, 4.69) is 58.5 Å². The minimum atomic E-state index is -0.242. The number of hydrogen-bond acceptors (Lipinski definition) is 5. The predicted octanol–water partition coefficient (Wildman–Crippen LogP) is 2.74. The maximum atomic E-state index is 13.0. The lowest BCUT2D eigenvalue weighted by atomic mass is 10.1. The number of rotatable bonds is 6. The minimum absolute atomic E-state index is 0.116. The summed E-state index contributed by atoms with van der Waals surface area (Å²) < 4.78 is 0.